The van der Waals surface area contributed by atoms with E-state index in [2.05, 4.69) is 32.8 Å². The fraction of sp³-hybridized carbons (Fsp3) is 0.273. The van der Waals surface area contributed by atoms with E-state index < -0.39 is 0 Å². The second-order valence-electron chi connectivity index (χ2n) is 6.99. The van der Waals surface area contributed by atoms with Crippen molar-refractivity contribution < 1.29 is 4.79 Å². The molecule has 2 N–H and O–H groups in total. The van der Waals surface area contributed by atoms with Gasteiger partial charge in [-0.3, -0.25) is 4.68 Å². The lowest BCUT2D eigenvalue weighted by atomic mass is 10.1. The van der Waals surface area contributed by atoms with Gasteiger partial charge in [0.15, 0.2) is 0 Å². The van der Waals surface area contributed by atoms with Gasteiger partial charge in [-0.15, -0.1) is 0 Å². The summed E-state index contributed by atoms with van der Waals surface area (Å²) in [4.78, 5) is 14.7. The first-order chi connectivity index (χ1) is 13.5. The number of hydrogen-bond acceptors (Lipinski definition) is 3. The van der Waals surface area contributed by atoms with Crippen molar-refractivity contribution in [2.24, 2.45) is 7.05 Å². The maximum atomic E-state index is 12.6. The molecule has 0 radical (unpaired) electrons. The van der Waals surface area contributed by atoms with Crippen molar-refractivity contribution in [1.82, 2.24) is 15.1 Å². The summed E-state index contributed by atoms with van der Waals surface area (Å²) in [6.45, 7) is 4.70. The number of amides is 2. The van der Waals surface area contributed by atoms with Crippen molar-refractivity contribution in [2.75, 3.05) is 17.3 Å². The van der Waals surface area contributed by atoms with E-state index in [1.54, 1.807) is 10.9 Å². The Labute approximate surface area is 166 Å². The highest BCUT2D eigenvalue weighted by Crippen LogP contribution is 2.26. The van der Waals surface area contributed by atoms with Crippen LogP contribution in [0.3, 0.4) is 0 Å². The molecule has 6 heteroatoms. The first-order valence-electron chi connectivity index (χ1n) is 9.36. The SMILES string of the molecule is Cc1c([C@H](C)NC(=O)Nc2ccccc2N(C)Cc2ccccc2)cnn1C. The number of aryl methyl sites for hydroxylation is 1. The van der Waals surface area contributed by atoms with E-state index in [0.717, 1.165) is 29.2 Å². The van der Waals surface area contributed by atoms with Gasteiger partial charge in [-0.2, -0.15) is 5.10 Å². The zero-order valence-corrected chi connectivity index (χ0v) is 16.8. The molecule has 2 aromatic carbocycles. The van der Waals surface area contributed by atoms with E-state index in [-0.39, 0.29) is 12.1 Å². The molecule has 0 aliphatic rings. The number of nitrogens with one attached hydrogen (secondary N) is 2. The Morgan fingerprint density at radius 3 is 2.50 bits per heavy atom. The van der Waals surface area contributed by atoms with Gasteiger partial charge >= 0.3 is 6.03 Å². The fourth-order valence-corrected chi connectivity index (χ4v) is 3.23. The predicted octanol–water partition coefficient (Wildman–Crippen LogP) is 4.25. The Morgan fingerprint density at radius 2 is 1.82 bits per heavy atom. The summed E-state index contributed by atoms with van der Waals surface area (Å²) in [5.41, 5.74) is 4.99. The standard InChI is InChI=1S/C22H27N5O/c1-16(19-14-23-27(4)17(19)2)24-22(28)25-20-12-8-9-13-21(20)26(3)15-18-10-6-5-7-11-18/h5-14,16H,15H2,1-4H3,(H2,24,25,28)/t16-/m0/s1. The molecule has 3 rings (SSSR count). The number of carbonyl (C=O) groups excluding carboxylic acids is 1. The van der Waals surface area contributed by atoms with Crippen LogP contribution < -0.4 is 15.5 Å². The number of benzene rings is 2. The minimum absolute atomic E-state index is 0.136. The lowest BCUT2D eigenvalue weighted by molar-refractivity contribution is 0.249. The molecule has 1 heterocycles. The first-order valence-corrected chi connectivity index (χ1v) is 9.36. The Bertz CT molecular complexity index is 935. The van der Waals surface area contributed by atoms with Gasteiger partial charge in [-0.25, -0.2) is 4.79 Å². The molecular formula is C22H27N5O. The van der Waals surface area contributed by atoms with Crippen LogP contribution in [0.2, 0.25) is 0 Å². The van der Waals surface area contributed by atoms with Crippen LogP contribution in [0.5, 0.6) is 0 Å². The van der Waals surface area contributed by atoms with Crippen molar-refractivity contribution in [3.05, 3.63) is 77.6 Å². The quantitative estimate of drug-likeness (QED) is 0.675. The molecular weight excluding hydrogens is 350 g/mol. The van der Waals surface area contributed by atoms with Crippen molar-refractivity contribution in [1.29, 1.82) is 0 Å². The second kappa shape index (κ2) is 8.61. The number of urea groups is 1. The number of carbonyl (C=O) groups is 1. The van der Waals surface area contributed by atoms with Gasteiger partial charge in [-0.1, -0.05) is 42.5 Å². The maximum Gasteiger partial charge on any atom is 0.319 e. The highest BCUT2D eigenvalue weighted by atomic mass is 16.2. The van der Waals surface area contributed by atoms with Crippen LogP contribution in [0.15, 0.2) is 60.8 Å². The molecule has 28 heavy (non-hydrogen) atoms. The Kier molecular flexibility index (Phi) is 5.99. The van der Waals surface area contributed by atoms with Crippen molar-refractivity contribution >= 4 is 17.4 Å². The first kappa shape index (κ1) is 19.5. The minimum Gasteiger partial charge on any atom is -0.369 e. The largest absolute Gasteiger partial charge is 0.369 e. The third-order valence-corrected chi connectivity index (χ3v) is 4.91. The number of rotatable bonds is 6. The lowest BCUT2D eigenvalue weighted by Crippen LogP contribution is -2.32. The molecule has 6 nitrogen and oxygen atoms in total. The number of para-hydroxylation sites is 2. The van der Waals surface area contributed by atoms with E-state index >= 15 is 0 Å². The van der Waals surface area contributed by atoms with Crippen LogP contribution in [0.25, 0.3) is 0 Å². The highest BCUT2D eigenvalue weighted by Gasteiger charge is 2.16. The molecule has 0 aliphatic heterocycles. The van der Waals surface area contributed by atoms with E-state index in [9.17, 15) is 4.79 Å². The maximum absolute atomic E-state index is 12.6. The van der Waals surface area contributed by atoms with Crippen LogP contribution >= 0.6 is 0 Å². The smallest absolute Gasteiger partial charge is 0.319 e. The van der Waals surface area contributed by atoms with Crippen molar-refractivity contribution in [3.63, 3.8) is 0 Å². The van der Waals surface area contributed by atoms with Gasteiger partial charge in [0.2, 0.25) is 0 Å². The third kappa shape index (κ3) is 4.52. The fourth-order valence-electron chi connectivity index (χ4n) is 3.23. The van der Waals surface area contributed by atoms with Crippen LogP contribution in [0.1, 0.15) is 29.8 Å². The minimum atomic E-state index is -0.240. The van der Waals surface area contributed by atoms with Gasteiger partial charge in [0.25, 0.3) is 0 Å². The molecule has 2 amide bonds. The average Bonchev–Trinajstić information content (AvgIpc) is 3.01. The Hall–Kier alpha value is -3.28. The van der Waals surface area contributed by atoms with Crippen molar-refractivity contribution in [2.45, 2.75) is 26.4 Å². The van der Waals surface area contributed by atoms with Crippen LogP contribution in [0, 0.1) is 6.92 Å². The topological polar surface area (TPSA) is 62.2 Å². The second-order valence-corrected chi connectivity index (χ2v) is 6.99. The van der Waals surface area contributed by atoms with Gasteiger partial charge in [-0.05, 0) is 31.5 Å². The monoisotopic (exact) mass is 377 g/mol. The number of hydrogen-bond donors (Lipinski definition) is 2. The number of nitrogens with zero attached hydrogens (tertiary/aromatic N) is 3. The molecule has 0 fully saturated rings. The van der Waals surface area contributed by atoms with E-state index in [4.69, 9.17) is 0 Å². The third-order valence-electron chi connectivity index (χ3n) is 4.91. The van der Waals surface area contributed by atoms with Gasteiger partial charge in [0.05, 0.1) is 23.6 Å². The number of anilines is 2. The molecule has 1 atom stereocenters. The van der Waals surface area contributed by atoms with Gasteiger partial charge in [0.1, 0.15) is 0 Å². The van der Waals surface area contributed by atoms with E-state index in [1.165, 1.54) is 5.56 Å². The van der Waals surface area contributed by atoms with Crippen LogP contribution in [0.4, 0.5) is 16.2 Å². The summed E-state index contributed by atoms with van der Waals surface area (Å²) in [5.74, 6) is 0. The van der Waals surface area contributed by atoms with Crippen molar-refractivity contribution in [3.8, 4) is 0 Å². The Morgan fingerprint density at radius 1 is 1.14 bits per heavy atom. The molecule has 0 saturated carbocycles. The summed E-state index contributed by atoms with van der Waals surface area (Å²) < 4.78 is 1.80. The summed E-state index contributed by atoms with van der Waals surface area (Å²) in [5, 5.41) is 10.2. The molecule has 0 saturated heterocycles. The van der Waals surface area contributed by atoms with Crippen LogP contribution in [-0.2, 0) is 13.6 Å². The zero-order chi connectivity index (χ0) is 20.1. The number of aromatic nitrogens is 2. The molecule has 0 aliphatic carbocycles. The summed E-state index contributed by atoms with van der Waals surface area (Å²) in [6, 6.07) is 17.7. The molecule has 0 spiro atoms. The molecule has 0 bridgehead atoms. The van der Waals surface area contributed by atoms with Crippen LogP contribution in [-0.4, -0.2) is 22.9 Å². The normalized spacial score (nSPS) is 11.7. The molecule has 146 valence electrons. The molecule has 3 aromatic rings. The molecule has 0 unspecified atom stereocenters. The predicted molar refractivity (Wildman–Crippen MR) is 114 cm³/mol. The van der Waals surface area contributed by atoms with Gasteiger partial charge < -0.3 is 15.5 Å². The van der Waals surface area contributed by atoms with E-state index in [1.807, 2.05) is 70.4 Å². The lowest BCUT2D eigenvalue weighted by Gasteiger charge is -2.23. The molecule has 1 aromatic heterocycles. The highest BCUT2D eigenvalue weighted by molar-refractivity contribution is 5.93. The van der Waals surface area contributed by atoms with E-state index in [0.29, 0.717) is 0 Å². The Balaban J connectivity index is 1.68. The zero-order valence-electron chi connectivity index (χ0n) is 16.8. The summed E-state index contributed by atoms with van der Waals surface area (Å²) in [6.07, 6.45) is 1.79. The summed E-state index contributed by atoms with van der Waals surface area (Å²) >= 11 is 0. The van der Waals surface area contributed by atoms with Gasteiger partial charge in [0, 0.05) is 31.9 Å². The average molecular weight is 377 g/mol. The summed E-state index contributed by atoms with van der Waals surface area (Å²) in [7, 11) is 3.91.